The van der Waals surface area contributed by atoms with Gasteiger partial charge in [0, 0.05) is 24.1 Å². The fourth-order valence-corrected chi connectivity index (χ4v) is 7.55. The first-order valence-corrected chi connectivity index (χ1v) is 12.7. The number of ether oxygens (including phenoxy) is 1. The number of sulfone groups is 1. The molecule has 2 aromatic rings. The van der Waals surface area contributed by atoms with Gasteiger partial charge in [0.1, 0.15) is 16.6 Å². The Morgan fingerprint density at radius 1 is 1.44 bits per heavy atom. The third kappa shape index (κ3) is 5.50. The van der Waals surface area contributed by atoms with E-state index in [0.29, 0.717) is 28.3 Å². The highest BCUT2D eigenvalue weighted by Crippen LogP contribution is 2.45. The van der Waals surface area contributed by atoms with Crippen LogP contribution < -0.4 is 15.3 Å². The summed E-state index contributed by atoms with van der Waals surface area (Å²) in [6, 6.07) is 7.62. The molecule has 1 aromatic carbocycles. The molecule has 0 bridgehead atoms. The summed E-state index contributed by atoms with van der Waals surface area (Å²) in [5.74, 6) is 6.26. The second kappa shape index (κ2) is 10.0. The zero-order valence-electron chi connectivity index (χ0n) is 17.2. The number of thiophene rings is 1. The van der Waals surface area contributed by atoms with Crippen LogP contribution in [0.4, 0.5) is 4.79 Å². The SMILES string of the molecule is CCN(N)C1CC(C)S(=O)(=O)c2sc(SNC(=O)Oc3cccc(CO[N+](=O)[O-])c3)cc21. The van der Waals surface area contributed by atoms with Gasteiger partial charge in [0.25, 0.3) is 5.09 Å². The molecule has 14 heteroatoms. The van der Waals surface area contributed by atoms with E-state index in [1.165, 1.54) is 12.1 Å². The van der Waals surface area contributed by atoms with Gasteiger partial charge in [-0.2, -0.15) is 0 Å². The molecule has 0 radical (unpaired) electrons. The van der Waals surface area contributed by atoms with Crippen molar-refractivity contribution < 1.29 is 27.9 Å². The predicted octanol–water partition coefficient (Wildman–Crippen LogP) is 3.05. The summed E-state index contributed by atoms with van der Waals surface area (Å²) in [5, 5.41) is 10.4. The highest BCUT2D eigenvalue weighted by atomic mass is 32.2. The number of hydrogen-bond donors (Lipinski definition) is 2. The van der Waals surface area contributed by atoms with Crippen LogP contribution in [0.1, 0.15) is 37.4 Å². The number of amides is 1. The Hall–Kier alpha value is -2.39. The molecule has 0 fully saturated rings. The molecule has 32 heavy (non-hydrogen) atoms. The Balaban J connectivity index is 1.67. The minimum Gasteiger partial charge on any atom is -0.410 e. The van der Waals surface area contributed by atoms with Gasteiger partial charge in [-0.05, 0) is 37.1 Å². The first kappa shape index (κ1) is 24.3. The summed E-state index contributed by atoms with van der Waals surface area (Å²) in [7, 11) is -3.46. The number of fused-ring (bicyclic) bond motifs is 1. The highest BCUT2D eigenvalue weighted by molar-refractivity contribution is 8.00. The molecule has 2 atom stereocenters. The maximum absolute atomic E-state index is 12.8. The minimum atomic E-state index is -3.46. The van der Waals surface area contributed by atoms with Crippen LogP contribution in [0.15, 0.2) is 38.8 Å². The van der Waals surface area contributed by atoms with Gasteiger partial charge in [0.2, 0.25) is 0 Å². The number of hydrogen-bond acceptors (Lipinski definition) is 11. The first-order chi connectivity index (χ1) is 15.1. The predicted molar refractivity (Wildman–Crippen MR) is 118 cm³/mol. The highest BCUT2D eigenvalue weighted by Gasteiger charge is 2.40. The molecular weight excluding hydrogens is 480 g/mol. The van der Waals surface area contributed by atoms with Gasteiger partial charge in [-0.3, -0.25) is 10.6 Å². The van der Waals surface area contributed by atoms with Gasteiger partial charge in [-0.1, -0.05) is 19.1 Å². The van der Waals surface area contributed by atoms with E-state index < -0.39 is 26.3 Å². The number of nitrogens with zero attached hydrogens (tertiary/aromatic N) is 2. The largest absolute Gasteiger partial charge is 0.422 e. The summed E-state index contributed by atoms with van der Waals surface area (Å²) in [6.07, 6.45) is -0.387. The molecule has 1 amide bonds. The molecule has 174 valence electrons. The fraction of sp³-hybridized carbons (Fsp3) is 0.389. The zero-order chi connectivity index (χ0) is 23.5. The average Bonchev–Trinajstić information content (AvgIpc) is 3.19. The van der Waals surface area contributed by atoms with Crippen molar-refractivity contribution in [3.63, 3.8) is 0 Å². The second-order valence-electron chi connectivity index (χ2n) is 6.98. The van der Waals surface area contributed by atoms with Gasteiger partial charge in [-0.25, -0.2) is 18.2 Å². The van der Waals surface area contributed by atoms with Crippen molar-refractivity contribution >= 4 is 39.2 Å². The van der Waals surface area contributed by atoms with Gasteiger partial charge >= 0.3 is 6.09 Å². The molecule has 2 unspecified atom stereocenters. The van der Waals surface area contributed by atoms with E-state index in [0.717, 1.165) is 23.3 Å². The first-order valence-electron chi connectivity index (χ1n) is 9.51. The van der Waals surface area contributed by atoms with Crippen LogP contribution in [0, 0.1) is 10.1 Å². The average molecular weight is 503 g/mol. The number of nitrogens with two attached hydrogens (primary N) is 1. The molecule has 1 aliphatic rings. The number of hydrazine groups is 1. The van der Waals surface area contributed by atoms with Crippen molar-refractivity contribution in [2.45, 2.75) is 46.6 Å². The van der Waals surface area contributed by atoms with Crippen LogP contribution in [-0.2, 0) is 21.3 Å². The second-order valence-corrected chi connectivity index (χ2v) is 11.7. The normalized spacial score (nSPS) is 19.2. The molecule has 0 aliphatic carbocycles. The number of carbonyl (C=O) groups is 1. The van der Waals surface area contributed by atoms with E-state index in [1.54, 1.807) is 30.1 Å². The summed E-state index contributed by atoms with van der Waals surface area (Å²) in [5.41, 5.74) is 1.09. The topological polar surface area (TPSA) is 154 Å². The molecule has 11 nitrogen and oxygen atoms in total. The maximum Gasteiger partial charge on any atom is 0.422 e. The Morgan fingerprint density at radius 2 is 2.19 bits per heavy atom. The van der Waals surface area contributed by atoms with E-state index in [-0.39, 0.29) is 22.6 Å². The smallest absolute Gasteiger partial charge is 0.410 e. The lowest BCUT2D eigenvalue weighted by atomic mass is 10.0. The van der Waals surface area contributed by atoms with E-state index >= 15 is 0 Å². The maximum atomic E-state index is 12.8. The molecule has 1 aromatic heterocycles. The summed E-state index contributed by atoms with van der Waals surface area (Å²) < 4.78 is 34.0. The summed E-state index contributed by atoms with van der Waals surface area (Å²) >= 11 is 2.02. The summed E-state index contributed by atoms with van der Waals surface area (Å²) in [4.78, 5) is 26.8. The molecule has 2 heterocycles. The Labute approximate surface area is 193 Å². The van der Waals surface area contributed by atoms with Crippen LogP contribution in [0.5, 0.6) is 5.75 Å². The molecule has 0 saturated heterocycles. The van der Waals surface area contributed by atoms with E-state index in [1.807, 2.05) is 6.92 Å². The van der Waals surface area contributed by atoms with Crippen molar-refractivity contribution in [3.8, 4) is 5.75 Å². The third-order valence-corrected chi connectivity index (χ3v) is 9.63. The number of nitrogens with one attached hydrogen (secondary N) is 1. The zero-order valence-corrected chi connectivity index (χ0v) is 19.7. The van der Waals surface area contributed by atoms with Crippen molar-refractivity contribution in [3.05, 3.63) is 51.6 Å². The lowest BCUT2D eigenvalue weighted by Crippen LogP contribution is -2.40. The van der Waals surface area contributed by atoms with Gasteiger partial charge in [-0.15, -0.1) is 21.5 Å². The van der Waals surface area contributed by atoms with Gasteiger partial charge in [0.05, 0.1) is 15.5 Å². The Morgan fingerprint density at radius 3 is 2.88 bits per heavy atom. The lowest BCUT2D eigenvalue weighted by Gasteiger charge is -2.32. The van der Waals surface area contributed by atoms with Crippen LogP contribution >= 0.6 is 23.3 Å². The van der Waals surface area contributed by atoms with Crippen LogP contribution in [0.25, 0.3) is 0 Å². The summed E-state index contributed by atoms with van der Waals surface area (Å²) in [6.45, 7) is 3.85. The Kier molecular flexibility index (Phi) is 7.61. The van der Waals surface area contributed by atoms with Crippen LogP contribution in [0.3, 0.4) is 0 Å². The van der Waals surface area contributed by atoms with Crippen molar-refractivity contribution in [1.82, 2.24) is 9.73 Å². The number of carbonyl (C=O) groups excluding carboxylic acids is 1. The molecule has 1 aliphatic heterocycles. The molecule has 0 saturated carbocycles. The molecule has 3 N–H and O–H groups in total. The van der Waals surface area contributed by atoms with Crippen molar-refractivity contribution in [2.24, 2.45) is 5.84 Å². The number of rotatable bonds is 8. The molecule has 0 spiro atoms. The van der Waals surface area contributed by atoms with Gasteiger partial charge in [0.15, 0.2) is 9.84 Å². The minimum absolute atomic E-state index is 0.177. The fourth-order valence-electron chi connectivity index (χ4n) is 3.20. The van der Waals surface area contributed by atoms with Crippen molar-refractivity contribution in [2.75, 3.05) is 6.54 Å². The Bertz CT molecular complexity index is 1110. The lowest BCUT2D eigenvalue weighted by molar-refractivity contribution is -0.763. The van der Waals surface area contributed by atoms with E-state index in [4.69, 9.17) is 10.6 Å². The number of benzene rings is 1. The van der Waals surface area contributed by atoms with E-state index in [2.05, 4.69) is 9.56 Å². The van der Waals surface area contributed by atoms with Crippen LogP contribution in [0.2, 0.25) is 0 Å². The molecule has 3 rings (SSSR count). The van der Waals surface area contributed by atoms with Gasteiger partial charge < -0.3 is 9.57 Å². The van der Waals surface area contributed by atoms with Crippen molar-refractivity contribution in [1.29, 1.82) is 0 Å². The monoisotopic (exact) mass is 502 g/mol. The molecular formula is C18H22N4O7S3. The standard InChI is InChI=1S/C18H22N4O7S3/c1-3-21(19)15-7-11(2)32(26,27)17-14(15)9-16(30-17)31-20-18(23)29-13-6-4-5-12(8-13)10-28-22(24)25/h4-6,8-9,11,15H,3,7,10,19H2,1-2H3,(H,20,23). The quantitative estimate of drug-likeness (QED) is 0.238. The third-order valence-electron chi connectivity index (χ3n) is 4.85. The van der Waals surface area contributed by atoms with E-state index in [9.17, 15) is 23.3 Å². The van der Waals surface area contributed by atoms with Crippen LogP contribution in [-0.4, -0.2) is 36.4 Å².